The molecular weight excluding hydrogens is 308 g/mol. The van der Waals surface area contributed by atoms with Crippen LogP contribution in [0.5, 0.6) is 0 Å². The van der Waals surface area contributed by atoms with Crippen LogP contribution in [0.15, 0.2) is 35.3 Å². The molecule has 0 radical (unpaired) electrons. The minimum atomic E-state index is 0.0386. The summed E-state index contributed by atoms with van der Waals surface area (Å²) in [5, 5.41) is 7.35. The van der Waals surface area contributed by atoms with Crippen molar-refractivity contribution in [3.8, 4) is 0 Å². The molecule has 1 aliphatic rings. The lowest BCUT2D eigenvalue weighted by molar-refractivity contribution is 0.114. The Bertz CT molecular complexity index is 629. The number of piperazine rings is 1. The Labute approximate surface area is 141 Å². The summed E-state index contributed by atoms with van der Waals surface area (Å²) in [6, 6.07) is 4.68. The fourth-order valence-electron chi connectivity index (χ4n) is 2.99. The lowest BCUT2D eigenvalue weighted by Gasteiger charge is -2.37. The van der Waals surface area contributed by atoms with Crippen LogP contribution in [0.2, 0.25) is 0 Å². The van der Waals surface area contributed by atoms with Crippen molar-refractivity contribution in [1.29, 1.82) is 0 Å². The van der Waals surface area contributed by atoms with Gasteiger partial charge in [-0.2, -0.15) is 11.3 Å². The summed E-state index contributed by atoms with van der Waals surface area (Å²) in [5.41, 5.74) is 2.50. The summed E-state index contributed by atoms with van der Waals surface area (Å²) < 4.78 is 1.99. The standard InChI is InChI=1S/C17H24N4OS/c1-14(16-4-10-23-13-16)20-6-8-21(9-7-20)17(22)18-11-15-3-5-19(2)12-15/h3-5,10,12-14H,6-9,11H2,1-2H3,(H,18,22)/t14-/m1/s1. The molecule has 0 saturated carbocycles. The van der Waals surface area contributed by atoms with E-state index in [4.69, 9.17) is 0 Å². The Morgan fingerprint density at radius 2 is 2.09 bits per heavy atom. The van der Waals surface area contributed by atoms with Crippen molar-refractivity contribution in [2.45, 2.75) is 19.5 Å². The van der Waals surface area contributed by atoms with Crippen LogP contribution >= 0.6 is 11.3 Å². The molecule has 3 rings (SSSR count). The average molecular weight is 332 g/mol. The van der Waals surface area contributed by atoms with Crippen molar-refractivity contribution in [2.75, 3.05) is 26.2 Å². The molecule has 0 aromatic carbocycles. The third kappa shape index (κ3) is 3.95. The predicted octanol–water partition coefficient (Wildman–Crippen LogP) is 2.68. The van der Waals surface area contributed by atoms with E-state index >= 15 is 0 Å². The molecule has 2 amide bonds. The van der Waals surface area contributed by atoms with E-state index in [1.165, 1.54) is 5.56 Å². The molecule has 1 N–H and O–H groups in total. The Morgan fingerprint density at radius 3 is 2.70 bits per heavy atom. The Kier molecular flexibility index (Phi) is 5.03. The van der Waals surface area contributed by atoms with Gasteiger partial charge in [-0.15, -0.1) is 0 Å². The largest absolute Gasteiger partial charge is 0.357 e. The van der Waals surface area contributed by atoms with Gasteiger partial charge in [0.2, 0.25) is 0 Å². The first-order valence-electron chi connectivity index (χ1n) is 8.03. The topological polar surface area (TPSA) is 40.5 Å². The average Bonchev–Trinajstić information content (AvgIpc) is 3.24. The highest BCUT2D eigenvalue weighted by atomic mass is 32.1. The van der Waals surface area contributed by atoms with Gasteiger partial charge in [-0.05, 0) is 40.9 Å². The quantitative estimate of drug-likeness (QED) is 0.935. The van der Waals surface area contributed by atoms with Gasteiger partial charge in [0.25, 0.3) is 0 Å². The number of hydrogen-bond acceptors (Lipinski definition) is 3. The number of aryl methyl sites for hydroxylation is 1. The van der Waals surface area contributed by atoms with E-state index in [-0.39, 0.29) is 6.03 Å². The van der Waals surface area contributed by atoms with Crippen molar-refractivity contribution in [2.24, 2.45) is 7.05 Å². The predicted molar refractivity (Wildman–Crippen MR) is 93.5 cm³/mol. The van der Waals surface area contributed by atoms with Crippen molar-refractivity contribution >= 4 is 17.4 Å². The molecule has 0 bridgehead atoms. The van der Waals surface area contributed by atoms with Crippen LogP contribution < -0.4 is 5.32 Å². The zero-order valence-corrected chi connectivity index (χ0v) is 14.6. The van der Waals surface area contributed by atoms with Gasteiger partial charge >= 0.3 is 6.03 Å². The normalized spacial score (nSPS) is 17.2. The highest BCUT2D eigenvalue weighted by molar-refractivity contribution is 7.07. The van der Waals surface area contributed by atoms with Crippen LogP contribution in [0.4, 0.5) is 4.79 Å². The van der Waals surface area contributed by atoms with Gasteiger partial charge in [0, 0.05) is 58.2 Å². The number of amides is 2. The maximum absolute atomic E-state index is 12.3. The fraction of sp³-hybridized carbons (Fsp3) is 0.471. The van der Waals surface area contributed by atoms with E-state index < -0.39 is 0 Å². The van der Waals surface area contributed by atoms with Gasteiger partial charge in [-0.3, -0.25) is 4.90 Å². The number of nitrogens with one attached hydrogen (secondary N) is 1. The first-order valence-corrected chi connectivity index (χ1v) is 8.97. The molecule has 2 aromatic rings. The Hall–Kier alpha value is -1.79. The second-order valence-electron chi connectivity index (χ2n) is 6.10. The maximum Gasteiger partial charge on any atom is 0.317 e. The molecular formula is C17H24N4OS. The number of aromatic nitrogens is 1. The molecule has 0 spiro atoms. The van der Waals surface area contributed by atoms with Crippen molar-refractivity contribution < 1.29 is 4.79 Å². The summed E-state index contributed by atoms with van der Waals surface area (Å²) in [7, 11) is 1.99. The van der Waals surface area contributed by atoms with E-state index in [0.29, 0.717) is 12.6 Å². The van der Waals surface area contributed by atoms with E-state index in [1.807, 2.05) is 35.0 Å². The summed E-state index contributed by atoms with van der Waals surface area (Å²) in [6.07, 6.45) is 4.02. The lowest BCUT2D eigenvalue weighted by Crippen LogP contribution is -2.52. The summed E-state index contributed by atoms with van der Waals surface area (Å²) in [5.74, 6) is 0. The number of thiophene rings is 1. The number of carbonyl (C=O) groups is 1. The van der Waals surface area contributed by atoms with Gasteiger partial charge < -0.3 is 14.8 Å². The third-order valence-corrected chi connectivity index (χ3v) is 5.21. The van der Waals surface area contributed by atoms with Gasteiger partial charge in [-0.25, -0.2) is 4.79 Å². The van der Waals surface area contributed by atoms with Crippen molar-refractivity contribution in [1.82, 2.24) is 19.7 Å². The van der Waals surface area contributed by atoms with E-state index in [9.17, 15) is 4.79 Å². The summed E-state index contributed by atoms with van der Waals surface area (Å²) >= 11 is 1.74. The van der Waals surface area contributed by atoms with Crippen LogP contribution in [-0.4, -0.2) is 46.6 Å². The molecule has 1 aliphatic heterocycles. The number of urea groups is 1. The number of rotatable bonds is 4. The molecule has 6 heteroatoms. The molecule has 3 heterocycles. The smallest absolute Gasteiger partial charge is 0.317 e. The molecule has 124 valence electrons. The monoisotopic (exact) mass is 332 g/mol. The van der Waals surface area contributed by atoms with Crippen LogP contribution in [0, 0.1) is 0 Å². The summed E-state index contributed by atoms with van der Waals surface area (Å²) in [4.78, 5) is 16.6. The van der Waals surface area contributed by atoms with Crippen molar-refractivity contribution in [3.05, 3.63) is 46.4 Å². The van der Waals surface area contributed by atoms with Gasteiger partial charge in [0.1, 0.15) is 0 Å². The Balaban J connectivity index is 1.45. The first kappa shape index (κ1) is 16.1. The molecule has 23 heavy (non-hydrogen) atoms. The first-order chi connectivity index (χ1) is 11.1. The van der Waals surface area contributed by atoms with E-state index in [0.717, 1.165) is 31.7 Å². The molecule has 5 nitrogen and oxygen atoms in total. The zero-order valence-electron chi connectivity index (χ0n) is 13.7. The van der Waals surface area contributed by atoms with Crippen LogP contribution in [0.3, 0.4) is 0 Å². The van der Waals surface area contributed by atoms with Gasteiger partial charge in [0.05, 0.1) is 0 Å². The number of carbonyl (C=O) groups excluding carboxylic acids is 1. The minimum Gasteiger partial charge on any atom is -0.357 e. The van der Waals surface area contributed by atoms with Crippen LogP contribution in [0.25, 0.3) is 0 Å². The SMILES string of the molecule is C[C@H](c1ccsc1)N1CCN(C(=O)NCc2ccn(C)c2)CC1. The molecule has 0 aliphatic carbocycles. The van der Waals surface area contributed by atoms with Crippen LogP contribution in [-0.2, 0) is 13.6 Å². The molecule has 1 saturated heterocycles. The number of hydrogen-bond donors (Lipinski definition) is 1. The highest BCUT2D eigenvalue weighted by Gasteiger charge is 2.24. The number of nitrogens with zero attached hydrogens (tertiary/aromatic N) is 3. The maximum atomic E-state index is 12.3. The molecule has 1 fully saturated rings. The van der Waals surface area contributed by atoms with E-state index in [2.05, 4.69) is 34.0 Å². The fourth-order valence-corrected chi connectivity index (χ4v) is 3.74. The van der Waals surface area contributed by atoms with Gasteiger partial charge in [0.15, 0.2) is 0 Å². The highest BCUT2D eigenvalue weighted by Crippen LogP contribution is 2.23. The summed E-state index contributed by atoms with van der Waals surface area (Å²) in [6.45, 7) is 6.26. The van der Waals surface area contributed by atoms with Crippen LogP contribution in [0.1, 0.15) is 24.1 Å². The molecule has 1 atom stereocenters. The Morgan fingerprint density at radius 1 is 1.30 bits per heavy atom. The molecule has 0 unspecified atom stereocenters. The van der Waals surface area contributed by atoms with Crippen molar-refractivity contribution in [3.63, 3.8) is 0 Å². The zero-order chi connectivity index (χ0) is 16.2. The minimum absolute atomic E-state index is 0.0386. The van der Waals surface area contributed by atoms with E-state index in [1.54, 1.807) is 11.3 Å². The van der Waals surface area contributed by atoms with Gasteiger partial charge in [-0.1, -0.05) is 0 Å². The molecule has 2 aromatic heterocycles. The third-order valence-electron chi connectivity index (χ3n) is 4.51. The second kappa shape index (κ2) is 7.19. The lowest BCUT2D eigenvalue weighted by atomic mass is 10.1. The second-order valence-corrected chi connectivity index (χ2v) is 6.88.